The summed E-state index contributed by atoms with van der Waals surface area (Å²) in [5, 5.41) is 3.46. The molecule has 0 aromatic heterocycles. The van der Waals surface area contributed by atoms with Gasteiger partial charge in [0.15, 0.2) is 0 Å². The van der Waals surface area contributed by atoms with Crippen molar-refractivity contribution in [2.45, 2.75) is 18.3 Å². The van der Waals surface area contributed by atoms with Crippen LogP contribution in [0.2, 0.25) is 0 Å². The van der Waals surface area contributed by atoms with Crippen molar-refractivity contribution in [3.05, 3.63) is 68.4 Å². The van der Waals surface area contributed by atoms with Crippen LogP contribution in [0.3, 0.4) is 0 Å². The maximum absolute atomic E-state index is 13.9. The summed E-state index contributed by atoms with van der Waals surface area (Å²) in [4.78, 5) is 0. The van der Waals surface area contributed by atoms with Gasteiger partial charge < -0.3 is 5.32 Å². The van der Waals surface area contributed by atoms with E-state index < -0.39 is 0 Å². The number of hydrogen-bond donors (Lipinski definition) is 1. The van der Waals surface area contributed by atoms with E-state index in [9.17, 15) is 4.39 Å². The lowest BCUT2D eigenvalue weighted by molar-refractivity contribution is 0.403. The second-order valence-electron chi connectivity index (χ2n) is 5.43. The molecule has 1 heterocycles. The van der Waals surface area contributed by atoms with Gasteiger partial charge >= 0.3 is 0 Å². The van der Waals surface area contributed by atoms with Crippen molar-refractivity contribution in [3.8, 4) is 0 Å². The second-order valence-corrected chi connectivity index (χ2v) is 7.20. The molecule has 3 rings (SSSR count). The summed E-state index contributed by atoms with van der Waals surface area (Å²) >= 11 is 6.77. The molecule has 110 valence electrons. The first-order valence-electron chi connectivity index (χ1n) is 7.06. The number of rotatable bonds is 2. The van der Waals surface area contributed by atoms with Gasteiger partial charge in [0, 0.05) is 16.9 Å². The molecule has 1 nitrogen and oxygen atoms in total. The largest absolute Gasteiger partial charge is 0.316 e. The Balaban J connectivity index is 1.96. The van der Waals surface area contributed by atoms with Crippen LogP contribution in [-0.2, 0) is 0 Å². The third-order valence-electron chi connectivity index (χ3n) is 4.13. The van der Waals surface area contributed by atoms with Crippen molar-refractivity contribution in [1.29, 1.82) is 0 Å². The lowest BCUT2D eigenvalue weighted by Gasteiger charge is -2.33. The SMILES string of the molecule is Fc1cc(C2CCNCC2c2cccc(Br)c2)ccc1Br. The Labute approximate surface area is 141 Å². The molecule has 2 atom stereocenters. The van der Waals surface area contributed by atoms with E-state index in [1.807, 2.05) is 18.2 Å². The Kier molecular flexibility index (Phi) is 4.77. The summed E-state index contributed by atoms with van der Waals surface area (Å²) < 4.78 is 15.5. The first-order valence-corrected chi connectivity index (χ1v) is 8.65. The van der Waals surface area contributed by atoms with Crippen LogP contribution < -0.4 is 5.32 Å². The predicted molar refractivity (Wildman–Crippen MR) is 91.2 cm³/mol. The quantitative estimate of drug-likeness (QED) is 0.713. The molecule has 2 aromatic rings. The minimum Gasteiger partial charge on any atom is -0.316 e. The fourth-order valence-corrected chi connectivity index (χ4v) is 3.75. The zero-order valence-corrected chi connectivity index (χ0v) is 14.6. The van der Waals surface area contributed by atoms with Gasteiger partial charge in [-0.25, -0.2) is 4.39 Å². The zero-order valence-electron chi connectivity index (χ0n) is 11.5. The van der Waals surface area contributed by atoms with Gasteiger partial charge in [0.2, 0.25) is 0 Å². The fraction of sp³-hybridized carbons (Fsp3) is 0.294. The molecule has 1 aliphatic heterocycles. The van der Waals surface area contributed by atoms with Crippen molar-refractivity contribution < 1.29 is 4.39 Å². The Morgan fingerprint density at radius 1 is 1.00 bits per heavy atom. The summed E-state index contributed by atoms with van der Waals surface area (Å²) in [5.74, 6) is 0.541. The van der Waals surface area contributed by atoms with Gasteiger partial charge in [0.05, 0.1) is 4.47 Å². The number of piperidine rings is 1. The Bertz CT molecular complexity index is 644. The topological polar surface area (TPSA) is 12.0 Å². The van der Waals surface area contributed by atoms with Crippen LogP contribution in [0.5, 0.6) is 0 Å². The molecule has 1 aliphatic rings. The van der Waals surface area contributed by atoms with E-state index >= 15 is 0 Å². The molecule has 0 aliphatic carbocycles. The van der Waals surface area contributed by atoms with Crippen LogP contribution in [0.4, 0.5) is 4.39 Å². The molecule has 21 heavy (non-hydrogen) atoms. The third-order valence-corrected chi connectivity index (χ3v) is 5.27. The predicted octanol–water partition coefficient (Wildman–Crippen LogP) is 5.21. The van der Waals surface area contributed by atoms with Gasteiger partial charge in [-0.2, -0.15) is 0 Å². The zero-order chi connectivity index (χ0) is 14.8. The highest BCUT2D eigenvalue weighted by Gasteiger charge is 2.28. The van der Waals surface area contributed by atoms with Crippen molar-refractivity contribution in [2.75, 3.05) is 13.1 Å². The average Bonchev–Trinajstić information content (AvgIpc) is 2.50. The van der Waals surface area contributed by atoms with Gasteiger partial charge in [-0.05, 0) is 70.2 Å². The third kappa shape index (κ3) is 3.38. The van der Waals surface area contributed by atoms with E-state index in [-0.39, 0.29) is 5.82 Å². The molecular formula is C17H16Br2FN. The average molecular weight is 413 g/mol. The summed E-state index contributed by atoms with van der Waals surface area (Å²) in [6.07, 6.45) is 1.03. The number of halogens is 3. The molecule has 0 amide bonds. The van der Waals surface area contributed by atoms with Gasteiger partial charge in [0.25, 0.3) is 0 Å². The van der Waals surface area contributed by atoms with E-state index in [1.54, 1.807) is 6.07 Å². The van der Waals surface area contributed by atoms with Gasteiger partial charge in [-0.3, -0.25) is 0 Å². The minimum atomic E-state index is -0.181. The van der Waals surface area contributed by atoms with Crippen LogP contribution >= 0.6 is 31.9 Å². The smallest absolute Gasteiger partial charge is 0.137 e. The fourth-order valence-electron chi connectivity index (χ4n) is 3.09. The highest BCUT2D eigenvalue weighted by Crippen LogP contribution is 2.38. The summed E-state index contributed by atoms with van der Waals surface area (Å²) in [7, 11) is 0. The maximum Gasteiger partial charge on any atom is 0.137 e. The van der Waals surface area contributed by atoms with Crippen LogP contribution in [0, 0.1) is 5.82 Å². The molecule has 0 saturated carbocycles. The molecule has 2 unspecified atom stereocenters. The van der Waals surface area contributed by atoms with Crippen LogP contribution in [-0.4, -0.2) is 13.1 Å². The highest BCUT2D eigenvalue weighted by molar-refractivity contribution is 9.10. The summed E-state index contributed by atoms with van der Waals surface area (Å²) in [6, 6.07) is 13.9. The Morgan fingerprint density at radius 3 is 2.57 bits per heavy atom. The molecular weight excluding hydrogens is 397 g/mol. The van der Waals surface area contributed by atoms with E-state index in [4.69, 9.17) is 0 Å². The van der Waals surface area contributed by atoms with Crippen molar-refractivity contribution >= 4 is 31.9 Å². The Hall–Kier alpha value is -0.710. The van der Waals surface area contributed by atoms with Crippen LogP contribution in [0.1, 0.15) is 29.4 Å². The number of nitrogens with one attached hydrogen (secondary N) is 1. The highest BCUT2D eigenvalue weighted by atomic mass is 79.9. The van der Waals surface area contributed by atoms with Crippen molar-refractivity contribution in [1.82, 2.24) is 5.32 Å². The van der Waals surface area contributed by atoms with E-state index in [1.165, 1.54) is 5.56 Å². The lowest BCUT2D eigenvalue weighted by Crippen LogP contribution is -2.34. The van der Waals surface area contributed by atoms with E-state index in [0.29, 0.717) is 16.3 Å². The van der Waals surface area contributed by atoms with E-state index in [2.05, 4.69) is 55.4 Å². The van der Waals surface area contributed by atoms with Gasteiger partial charge in [-0.15, -0.1) is 0 Å². The van der Waals surface area contributed by atoms with Crippen LogP contribution in [0.25, 0.3) is 0 Å². The molecule has 1 fully saturated rings. The summed E-state index contributed by atoms with van der Waals surface area (Å²) in [5.41, 5.74) is 2.38. The lowest BCUT2D eigenvalue weighted by atomic mass is 9.77. The van der Waals surface area contributed by atoms with Crippen molar-refractivity contribution in [2.24, 2.45) is 0 Å². The maximum atomic E-state index is 13.9. The molecule has 0 radical (unpaired) electrons. The molecule has 0 spiro atoms. The molecule has 4 heteroatoms. The van der Waals surface area contributed by atoms with Gasteiger partial charge in [0.1, 0.15) is 5.82 Å². The monoisotopic (exact) mass is 411 g/mol. The first kappa shape index (κ1) is 15.2. The molecule has 1 saturated heterocycles. The molecule has 2 aromatic carbocycles. The second kappa shape index (κ2) is 6.59. The summed E-state index contributed by atoms with van der Waals surface area (Å²) in [6.45, 7) is 1.91. The standard InChI is InChI=1S/C17H16Br2FN/c18-13-3-1-2-11(8-13)15-10-21-7-6-14(15)12-4-5-16(19)17(20)9-12/h1-5,8-9,14-15,21H,6-7,10H2. The van der Waals surface area contributed by atoms with Gasteiger partial charge in [-0.1, -0.05) is 34.1 Å². The van der Waals surface area contributed by atoms with Crippen LogP contribution in [0.15, 0.2) is 51.4 Å². The number of hydrogen-bond acceptors (Lipinski definition) is 1. The first-order chi connectivity index (χ1) is 10.1. The van der Waals surface area contributed by atoms with Crippen molar-refractivity contribution in [3.63, 3.8) is 0 Å². The molecule has 0 bridgehead atoms. The minimum absolute atomic E-state index is 0.181. The molecule has 1 N–H and O–H groups in total. The Morgan fingerprint density at radius 2 is 1.81 bits per heavy atom. The number of benzene rings is 2. The van der Waals surface area contributed by atoms with E-state index in [0.717, 1.165) is 29.5 Å². The normalized spacial score (nSPS) is 22.2.